The van der Waals surface area contributed by atoms with Gasteiger partial charge in [0, 0.05) is 26.7 Å². The Morgan fingerprint density at radius 1 is 0.714 bits per heavy atom. The van der Waals surface area contributed by atoms with Crippen molar-refractivity contribution in [3.05, 3.63) is 113 Å². The highest BCUT2D eigenvalue weighted by molar-refractivity contribution is 7.25. The predicted molar refractivity (Wildman–Crippen MR) is 211 cm³/mol. The molecule has 1 N–H and O–H groups in total. The Kier molecular flexibility index (Phi) is 5.91. The van der Waals surface area contributed by atoms with E-state index < -0.39 is 0 Å². The number of aromatic amines is 1. The number of hydrogen-bond donors (Lipinski definition) is 1. The lowest BCUT2D eigenvalue weighted by molar-refractivity contribution is 0.332. The molecule has 0 bridgehead atoms. The highest BCUT2D eigenvalue weighted by Crippen LogP contribution is 2.51. The number of benzene rings is 5. The Hall–Kier alpha value is -4.74. The molecule has 10 rings (SSSR count). The standard InChI is InChI=1S/C44H38BN2OS/c1-24-20-30(26-14-11-15-29-37-27-12-7-9-16-35(27)48-41(37)46-40(26)29)38-34(21-24)47(42-39(45-38)28-13-8-10-17-36(28)49-42)33-23-32-31(22-25(33)2)43(3,4)18-19-44(32,5)6/h7-17,20-23,46H,18-19H2,1-6H3. The molecule has 0 atom stereocenters. The topological polar surface area (TPSA) is 32.2 Å². The summed E-state index contributed by atoms with van der Waals surface area (Å²) in [4.78, 5) is 6.31. The van der Waals surface area contributed by atoms with E-state index in [0.29, 0.717) is 0 Å². The number of hydrogen-bond acceptors (Lipinski definition) is 3. The van der Waals surface area contributed by atoms with E-state index in [9.17, 15) is 0 Å². The van der Waals surface area contributed by atoms with Gasteiger partial charge in [-0.25, -0.2) is 0 Å². The Morgan fingerprint density at radius 3 is 2.24 bits per heavy atom. The van der Waals surface area contributed by atoms with Gasteiger partial charge in [-0.2, -0.15) is 0 Å². The zero-order valence-corrected chi connectivity index (χ0v) is 29.7. The maximum atomic E-state index is 6.34. The van der Waals surface area contributed by atoms with E-state index >= 15 is 0 Å². The predicted octanol–water partition coefficient (Wildman–Crippen LogP) is 11.4. The molecule has 8 aromatic rings. The molecule has 5 heteroatoms. The van der Waals surface area contributed by atoms with Crippen molar-refractivity contribution in [2.45, 2.75) is 65.2 Å². The summed E-state index contributed by atoms with van der Waals surface area (Å²) in [6.07, 6.45) is 2.40. The highest BCUT2D eigenvalue weighted by atomic mass is 32.1. The summed E-state index contributed by atoms with van der Waals surface area (Å²) in [6.45, 7) is 14.3. The summed E-state index contributed by atoms with van der Waals surface area (Å²) < 4.78 is 7.66. The minimum atomic E-state index is 0.114. The van der Waals surface area contributed by atoms with Gasteiger partial charge in [0.2, 0.25) is 5.71 Å². The third kappa shape index (κ3) is 4.09. The number of furan rings is 1. The van der Waals surface area contributed by atoms with Gasteiger partial charge in [0.05, 0.1) is 21.6 Å². The third-order valence-corrected chi connectivity index (χ3v) is 12.7. The Labute approximate surface area is 291 Å². The number of aryl methyl sites for hydroxylation is 2. The van der Waals surface area contributed by atoms with E-state index in [4.69, 9.17) is 4.42 Å². The molecule has 49 heavy (non-hydrogen) atoms. The van der Waals surface area contributed by atoms with Crippen LogP contribution in [0.15, 0.2) is 95.4 Å². The maximum Gasteiger partial charge on any atom is 0.206 e. The first-order valence-corrected chi connectivity index (χ1v) is 18.3. The van der Waals surface area contributed by atoms with Gasteiger partial charge in [-0.15, -0.1) is 11.3 Å². The summed E-state index contributed by atoms with van der Waals surface area (Å²) in [5, 5.41) is 6.10. The minimum absolute atomic E-state index is 0.114. The molecule has 0 unspecified atom stereocenters. The normalized spacial score (nSPS) is 16.2. The number of rotatable bonds is 2. The maximum absolute atomic E-state index is 6.34. The van der Waals surface area contributed by atoms with E-state index in [2.05, 4.69) is 138 Å². The number of nitrogens with one attached hydrogen (secondary N) is 1. The van der Waals surface area contributed by atoms with Crippen LogP contribution >= 0.6 is 11.3 Å². The summed E-state index contributed by atoms with van der Waals surface area (Å²) in [6, 6.07) is 33.7. The van der Waals surface area contributed by atoms with E-state index in [1.165, 1.54) is 89.0 Å². The van der Waals surface area contributed by atoms with Crippen LogP contribution in [0.5, 0.6) is 0 Å². The summed E-state index contributed by atoms with van der Waals surface area (Å²) in [5.74, 6) is 0. The summed E-state index contributed by atoms with van der Waals surface area (Å²) >= 11 is 1.90. The zero-order valence-electron chi connectivity index (χ0n) is 28.9. The number of nitrogens with zero attached hydrogens (tertiary/aromatic N) is 1. The second-order valence-electron chi connectivity index (χ2n) is 15.6. The van der Waals surface area contributed by atoms with Crippen molar-refractivity contribution in [3.63, 3.8) is 0 Å². The van der Waals surface area contributed by atoms with E-state index in [1.807, 2.05) is 23.5 Å². The van der Waals surface area contributed by atoms with Crippen LogP contribution in [0.2, 0.25) is 0 Å². The first kappa shape index (κ1) is 29.2. The summed E-state index contributed by atoms with van der Waals surface area (Å²) in [7, 11) is 2.46. The number of thiophene rings is 1. The fourth-order valence-corrected chi connectivity index (χ4v) is 9.98. The van der Waals surface area contributed by atoms with Crippen LogP contribution in [0.1, 0.15) is 62.8 Å². The Balaban J connectivity index is 1.26. The first-order valence-electron chi connectivity index (χ1n) is 17.5. The van der Waals surface area contributed by atoms with Gasteiger partial charge in [-0.1, -0.05) is 94.4 Å². The van der Waals surface area contributed by atoms with E-state index in [0.717, 1.165) is 27.6 Å². The number of para-hydroxylation sites is 2. The van der Waals surface area contributed by atoms with Crippen LogP contribution in [-0.4, -0.2) is 12.3 Å². The van der Waals surface area contributed by atoms with Crippen LogP contribution in [0.25, 0.3) is 54.2 Å². The van der Waals surface area contributed by atoms with E-state index in [1.54, 1.807) is 0 Å². The lowest BCUT2D eigenvalue weighted by Crippen LogP contribution is -2.40. The monoisotopic (exact) mass is 653 g/mol. The molecule has 0 saturated carbocycles. The van der Waals surface area contributed by atoms with Crippen molar-refractivity contribution < 1.29 is 4.42 Å². The van der Waals surface area contributed by atoms with Gasteiger partial charge in [0.15, 0.2) is 7.28 Å². The van der Waals surface area contributed by atoms with Crippen LogP contribution in [0, 0.1) is 13.8 Å². The van der Waals surface area contributed by atoms with Crippen molar-refractivity contribution in [2.75, 3.05) is 4.90 Å². The number of fused-ring (bicyclic) bond motifs is 10. The summed E-state index contributed by atoms with van der Waals surface area (Å²) in [5.41, 5.74) is 16.2. The van der Waals surface area contributed by atoms with Crippen molar-refractivity contribution in [3.8, 4) is 11.1 Å². The Morgan fingerprint density at radius 2 is 1.43 bits per heavy atom. The molecule has 1 aliphatic heterocycles. The number of anilines is 3. The van der Waals surface area contributed by atoms with Crippen molar-refractivity contribution in [1.29, 1.82) is 0 Å². The Bertz CT molecular complexity index is 2690. The zero-order chi connectivity index (χ0) is 33.4. The molecule has 239 valence electrons. The molecule has 0 amide bonds. The second-order valence-corrected chi connectivity index (χ2v) is 16.7. The van der Waals surface area contributed by atoms with Gasteiger partial charge in [0.1, 0.15) is 5.58 Å². The van der Waals surface area contributed by atoms with Crippen molar-refractivity contribution in [2.24, 2.45) is 0 Å². The molecular formula is C44H38BN2OS. The largest absolute Gasteiger partial charge is 0.440 e. The van der Waals surface area contributed by atoms with Gasteiger partial charge in [0.25, 0.3) is 0 Å². The number of aromatic nitrogens is 1. The molecule has 0 fully saturated rings. The van der Waals surface area contributed by atoms with Gasteiger partial charge in [-0.05, 0) is 106 Å². The van der Waals surface area contributed by atoms with Crippen molar-refractivity contribution in [1.82, 2.24) is 4.98 Å². The minimum Gasteiger partial charge on any atom is -0.440 e. The van der Waals surface area contributed by atoms with Crippen LogP contribution in [-0.2, 0) is 10.8 Å². The molecule has 4 heterocycles. The average Bonchev–Trinajstić information content (AvgIpc) is 3.75. The molecule has 3 nitrogen and oxygen atoms in total. The molecule has 5 aromatic carbocycles. The fourth-order valence-electron chi connectivity index (χ4n) is 8.77. The van der Waals surface area contributed by atoms with Gasteiger partial charge < -0.3 is 14.3 Å². The molecule has 1 aliphatic carbocycles. The molecule has 0 spiro atoms. The van der Waals surface area contributed by atoms with Crippen LogP contribution in [0.3, 0.4) is 0 Å². The molecule has 2 aliphatic rings. The first-order chi connectivity index (χ1) is 23.6. The lowest BCUT2D eigenvalue weighted by Gasteiger charge is -2.43. The lowest BCUT2D eigenvalue weighted by atomic mass is 9.58. The van der Waals surface area contributed by atoms with E-state index in [-0.39, 0.29) is 10.8 Å². The highest BCUT2D eigenvalue weighted by Gasteiger charge is 2.39. The molecule has 3 aromatic heterocycles. The third-order valence-electron chi connectivity index (χ3n) is 11.5. The molecule has 0 saturated heterocycles. The fraction of sp³-hybridized carbons (Fsp3) is 0.227. The molecule has 1 radical (unpaired) electrons. The smallest absolute Gasteiger partial charge is 0.206 e. The van der Waals surface area contributed by atoms with Crippen LogP contribution in [0.4, 0.5) is 16.4 Å². The quantitative estimate of drug-likeness (QED) is 0.188. The molecular weight excluding hydrogens is 615 g/mol. The van der Waals surface area contributed by atoms with Gasteiger partial charge in [-0.3, -0.25) is 0 Å². The number of H-pyrrole nitrogens is 1. The average molecular weight is 654 g/mol. The SMILES string of the molecule is Cc1cc(-c2cccc3c2[nH]c2oc4ccccc4c23)c2c(c1)N(c1cc3c(cc1C)C(C)(C)CCC3(C)C)c1sc3ccccc3c1[B]2. The van der Waals surface area contributed by atoms with Crippen LogP contribution < -0.4 is 15.8 Å². The van der Waals surface area contributed by atoms with Crippen molar-refractivity contribution >= 4 is 89.0 Å². The second kappa shape index (κ2) is 9.92. The van der Waals surface area contributed by atoms with Gasteiger partial charge >= 0.3 is 0 Å².